The van der Waals surface area contributed by atoms with Gasteiger partial charge in [-0.15, -0.1) is 0 Å². The Kier molecular flexibility index (Phi) is 2.96. The number of fused-ring (bicyclic) bond motifs is 1. The zero-order valence-electron chi connectivity index (χ0n) is 10.3. The average Bonchev–Trinajstić information content (AvgIpc) is 3.03. The number of aryl methyl sites for hydroxylation is 1. The third kappa shape index (κ3) is 2.19. The fourth-order valence-corrected chi connectivity index (χ4v) is 1.75. The van der Waals surface area contributed by atoms with Crippen molar-refractivity contribution in [1.82, 2.24) is 10.3 Å². The Morgan fingerprint density at radius 2 is 2.05 bits per heavy atom. The lowest BCUT2D eigenvalue weighted by molar-refractivity contribution is 0.173. The van der Waals surface area contributed by atoms with E-state index in [1.54, 1.807) is 19.1 Å². The standard InChI is InChI=1S/C12H12N2O5/c1-7-9(14-19-13-7)5-16-10-3-12-11(17-6-18-12)2-8(10)4-15/h2-3,15H,4-6H2,1H3. The van der Waals surface area contributed by atoms with Gasteiger partial charge >= 0.3 is 0 Å². The Morgan fingerprint density at radius 1 is 1.26 bits per heavy atom. The highest BCUT2D eigenvalue weighted by Gasteiger charge is 2.18. The van der Waals surface area contributed by atoms with Crippen molar-refractivity contribution in [3.8, 4) is 17.2 Å². The summed E-state index contributed by atoms with van der Waals surface area (Å²) in [5.41, 5.74) is 1.91. The minimum atomic E-state index is -0.151. The molecule has 0 saturated heterocycles. The predicted molar refractivity (Wildman–Crippen MR) is 61.9 cm³/mol. The molecular formula is C12H12N2O5. The van der Waals surface area contributed by atoms with E-state index in [0.717, 1.165) is 0 Å². The molecule has 19 heavy (non-hydrogen) atoms. The van der Waals surface area contributed by atoms with Crippen LogP contribution in [0.15, 0.2) is 16.8 Å². The fraction of sp³-hybridized carbons (Fsp3) is 0.333. The van der Waals surface area contributed by atoms with Crippen molar-refractivity contribution in [3.63, 3.8) is 0 Å². The SMILES string of the molecule is Cc1nonc1COc1cc2c(cc1CO)OCO2. The minimum absolute atomic E-state index is 0.151. The number of benzene rings is 1. The second-order valence-corrected chi connectivity index (χ2v) is 4.06. The molecule has 1 N–H and O–H groups in total. The molecule has 0 spiro atoms. The van der Waals surface area contributed by atoms with E-state index in [-0.39, 0.29) is 20.0 Å². The highest BCUT2D eigenvalue weighted by molar-refractivity contribution is 5.51. The number of hydrogen-bond acceptors (Lipinski definition) is 7. The fourth-order valence-electron chi connectivity index (χ4n) is 1.75. The van der Waals surface area contributed by atoms with Gasteiger partial charge in [0.05, 0.1) is 6.61 Å². The lowest BCUT2D eigenvalue weighted by atomic mass is 10.2. The topological polar surface area (TPSA) is 86.8 Å². The smallest absolute Gasteiger partial charge is 0.231 e. The van der Waals surface area contributed by atoms with E-state index in [9.17, 15) is 5.11 Å². The molecule has 2 aromatic rings. The molecule has 0 radical (unpaired) electrons. The maximum Gasteiger partial charge on any atom is 0.231 e. The zero-order valence-corrected chi connectivity index (χ0v) is 10.3. The number of aromatic nitrogens is 2. The van der Waals surface area contributed by atoms with E-state index in [0.29, 0.717) is 34.2 Å². The summed E-state index contributed by atoms with van der Waals surface area (Å²) in [6.07, 6.45) is 0. The lowest BCUT2D eigenvalue weighted by Gasteiger charge is -2.10. The summed E-state index contributed by atoms with van der Waals surface area (Å²) in [4.78, 5) is 0. The monoisotopic (exact) mass is 264 g/mol. The van der Waals surface area contributed by atoms with E-state index in [1.165, 1.54) is 0 Å². The average molecular weight is 264 g/mol. The second-order valence-electron chi connectivity index (χ2n) is 4.06. The van der Waals surface area contributed by atoms with Crippen molar-refractivity contribution >= 4 is 0 Å². The molecule has 0 aliphatic carbocycles. The Balaban J connectivity index is 1.82. The van der Waals surface area contributed by atoms with Crippen LogP contribution < -0.4 is 14.2 Å². The first-order valence-corrected chi connectivity index (χ1v) is 5.72. The number of aliphatic hydroxyl groups excluding tert-OH is 1. The Morgan fingerprint density at radius 3 is 2.74 bits per heavy atom. The van der Waals surface area contributed by atoms with Crippen LogP contribution in [0.4, 0.5) is 0 Å². The van der Waals surface area contributed by atoms with Crippen LogP contribution in [0.25, 0.3) is 0 Å². The number of aliphatic hydroxyl groups is 1. The van der Waals surface area contributed by atoms with E-state index in [1.807, 2.05) is 0 Å². The summed E-state index contributed by atoms with van der Waals surface area (Å²) in [7, 11) is 0. The van der Waals surface area contributed by atoms with E-state index >= 15 is 0 Å². The summed E-state index contributed by atoms with van der Waals surface area (Å²) in [5, 5.41) is 16.7. The number of ether oxygens (including phenoxy) is 3. The first-order chi connectivity index (χ1) is 9.28. The van der Waals surface area contributed by atoms with Gasteiger partial charge in [-0.3, -0.25) is 0 Å². The molecule has 0 saturated carbocycles. The van der Waals surface area contributed by atoms with Crippen LogP contribution in [-0.2, 0) is 13.2 Å². The van der Waals surface area contributed by atoms with Gasteiger partial charge in [0.1, 0.15) is 23.7 Å². The van der Waals surface area contributed by atoms with Gasteiger partial charge in [-0.05, 0) is 13.0 Å². The van der Waals surface area contributed by atoms with Crippen molar-refractivity contribution in [2.24, 2.45) is 0 Å². The van der Waals surface area contributed by atoms with Gasteiger partial charge in [-0.1, -0.05) is 10.3 Å². The summed E-state index contributed by atoms with van der Waals surface area (Å²) in [6.45, 7) is 2.02. The van der Waals surface area contributed by atoms with Crippen LogP contribution in [0.3, 0.4) is 0 Å². The van der Waals surface area contributed by atoms with Crippen LogP contribution >= 0.6 is 0 Å². The largest absolute Gasteiger partial charge is 0.487 e. The van der Waals surface area contributed by atoms with Gasteiger partial charge in [0.15, 0.2) is 11.5 Å². The molecule has 0 bridgehead atoms. The van der Waals surface area contributed by atoms with Gasteiger partial charge in [0.2, 0.25) is 6.79 Å². The van der Waals surface area contributed by atoms with Crippen molar-refractivity contribution < 1.29 is 23.9 Å². The van der Waals surface area contributed by atoms with Crippen LogP contribution in [-0.4, -0.2) is 22.2 Å². The molecule has 1 aliphatic heterocycles. The quantitative estimate of drug-likeness (QED) is 0.887. The number of rotatable bonds is 4. The molecule has 100 valence electrons. The number of nitrogens with zero attached hydrogens (tertiary/aromatic N) is 2. The van der Waals surface area contributed by atoms with Gasteiger partial charge in [-0.2, -0.15) is 0 Å². The molecule has 0 unspecified atom stereocenters. The maximum atomic E-state index is 9.34. The molecule has 7 nitrogen and oxygen atoms in total. The van der Waals surface area contributed by atoms with Gasteiger partial charge < -0.3 is 19.3 Å². The van der Waals surface area contributed by atoms with Gasteiger partial charge in [-0.25, -0.2) is 4.63 Å². The molecule has 7 heteroatoms. The first-order valence-electron chi connectivity index (χ1n) is 5.72. The molecule has 2 heterocycles. The van der Waals surface area contributed by atoms with Crippen LogP contribution in [0.2, 0.25) is 0 Å². The van der Waals surface area contributed by atoms with Crippen molar-refractivity contribution in [1.29, 1.82) is 0 Å². The second kappa shape index (κ2) is 4.77. The zero-order chi connectivity index (χ0) is 13.2. The molecule has 3 rings (SSSR count). The summed E-state index contributed by atoms with van der Waals surface area (Å²) in [5.74, 6) is 1.73. The maximum absolute atomic E-state index is 9.34. The van der Waals surface area contributed by atoms with Crippen LogP contribution in [0, 0.1) is 6.92 Å². The summed E-state index contributed by atoms with van der Waals surface area (Å²) < 4.78 is 20.7. The normalized spacial score (nSPS) is 12.7. The predicted octanol–water partition coefficient (Wildman–Crippen LogP) is 1.18. The molecule has 1 aliphatic rings. The van der Waals surface area contributed by atoms with E-state index < -0.39 is 0 Å². The van der Waals surface area contributed by atoms with E-state index in [2.05, 4.69) is 14.9 Å². The van der Waals surface area contributed by atoms with Crippen molar-refractivity contribution in [2.75, 3.05) is 6.79 Å². The Labute approximate surface area is 108 Å². The highest BCUT2D eigenvalue weighted by Crippen LogP contribution is 2.38. The molecule has 0 amide bonds. The molecule has 1 aromatic carbocycles. The third-order valence-corrected chi connectivity index (χ3v) is 2.84. The van der Waals surface area contributed by atoms with E-state index in [4.69, 9.17) is 14.2 Å². The Bertz CT molecular complexity index is 596. The lowest BCUT2D eigenvalue weighted by Crippen LogP contribution is -2.00. The molecule has 0 fully saturated rings. The highest BCUT2D eigenvalue weighted by atomic mass is 16.7. The van der Waals surface area contributed by atoms with Gasteiger partial charge in [0.25, 0.3) is 0 Å². The number of hydrogen-bond donors (Lipinski definition) is 1. The summed E-state index contributed by atoms with van der Waals surface area (Å²) >= 11 is 0. The molecule has 0 atom stereocenters. The van der Waals surface area contributed by atoms with Crippen LogP contribution in [0.1, 0.15) is 17.0 Å². The van der Waals surface area contributed by atoms with Crippen molar-refractivity contribution in [3.05, 3.63) is 29.1 Å². The Hall–Kier alpha value is -2.28. The minimum Gasteiger partial charge on any atom is -0.487 e. The summed E-state index contributed by atoms with van der Waals surface area (Å²) in [6, 6.07) is 3.39. The molecular weight excluding hydrogens is 252 g/mol. The van der Waals surface area contributed by atoms with Gasteiger partial charge in [0, 0.05) is 11.6 Å². The first kappa shape index (κ1) is 11.8. The molecule has 1 aromatic heterocycles. The van der Waals surface area contributed by atoms with Crippen molar-refractivity contribution in [2.45, 2.75) is 20.1 Å². The van der Waals surface area contributed by atoms with Crippen LogP contribution in [0.5, 0.6) is 17.2 Å². The third-order valence-electron chi connectivity index (χ3n) is 2.84.